The topological polar surface area (TPSA) is 315 Å². The second kappa shape index (κ2) is 18.8. The van der Waals surface area contributed by atoms with Crippen LogP contribution in [0.15, 0.2) is 70.7 Å². The summed E-state index contributed by atoms with van der Waals surface area (Å²) in [6, 6.07) is 4.29. The number of H-pyrrole nitrogens is 1. The molecule has 0 bridgehead atoms. The number of aliphatic hydroxyl groups is 5. The number of halogens is 3. The number of phosphoric acid groups is 2. The normalized spacial score (nSPS) is 30.9. The van der Waals surface area contributed by atoms with E-state index in [1.54, 1.807) is 0 Å². The molecule has 0 amide bonds. The van der Waals surface area contributed by atoms with Gasteiger partial charge in [-0.3, -0.25) is 23.4 Å². The Morgan fingerprint density at radius 2 is 1.75 bits per heavy atom. The van der Waals surface area contributed by atoms with Crippen LogP contribution in [0.25, 0.3) is 0 Å². The molecule has 9 N–H and O–H groups in total. The van der Waals surface area contributed by atoms with Gasteiger partial charge in [-0.1, -0.05) is 39.9 Å². The van der Waals surface area contributed by atoms with E-state index in [-0.39, 0.29) is 29.4 Å². The number of phosphoric ester groups is 2. The molecule has 0 saturated carbocycles. The van der Waals surface area contributed by atoms with E-state index in [9.17, 15) is 72.0 Å². The van der Waals surface area contributed by atoms with Crippen LogP contribution in [0.4, 0.5) is 13.2 Å². The number of alkyl halides is 3. The summed E-state index contributed by atoms with van der Waals surface area (Å²) in [5.41, 5.74) is -5.94. The number of esters is 1. The summed E-state index contributed by atoms with van der Waals surface area (Å²) >= 11 is 0. The van der Waals surface area contributed by atoms with Crippen molar-refractivity contribution < 1.29 is 90.0 Å². The summed E-state index contributed by atoms with van der Waals surface area (Å²) in [7, 11) is -11.9. The second-order valence-corrected chi connectivity index (χ2v) is 18.6. The molecule has 15 atom stereocenters. The zero-order valence-electron chi connectivity index (χ0n) is 31.2. The summed E-state index contributed by atoms with van der Waals surface area (Å²) in [6.45, 7) is 6.54. The highest BCUT2D eigenvalue weighted by Gasteiger charge is 2.59. The van der Waals surface area contributed by atoms with E-state index in [0.29, 0.717) is 0 Å². The number of aromatic nitrogens is 2. The maximum Gasteiger partial charge on any atom is 0.483 e. The number of hydrogen-bond acceptors (Lipinski definition) is 17. The molecule has 15 unspecified atom stereocenters. The molecule has 27 heteroatoms. The van der Waals surface area contributed by atoms with E-state index in [2.05, 4.69) is 27.3 Å². The van der Waals surface area contributed by atoms with Crippen molar-refractivity contribution in [3.63, 3.8) is 0 Å². The molecule has 1 aromatic carbocycles. The average Bonchev–Trinajstić information content (AvgIpc) is 3.80. The van der Waals surface area contributed by atoms with E-state index in [0.717, 1.165) is 41.1 Å². The number of aliphatic hydroxyl groups excluding tert-OH is 4. The van der Waals surface area contributed by atoms with Gasteiger partial charge in [0.15, 0.2) is 12.5 Å². The molecule has 5 rings (SSSR count). The number of aromatic amines is 1. The van der Waals surface area contributed by atoms with Gasteiger partial charge in [-0.2, -0.15) is 17.5 Å². The lowest BCUT2D eigenvalue weighted by atomic mass is 9.79. The minimum absolute atomic E-state index is 0.0866. The first-order valence-electron chi connectivity index (χ1n) is 17.8. The molecular weight excluding hydrogens is 876 g/mol. The number of allylic oxidation sites excluding steroid dienone is 2. The van der Waals surface area contributed by atoms with Crippen LogP contribution in [-0.2, 0) is 36.7 Å². The average molecular weight is 920 g/mol. The third-order valence-corrected chi connectivity index (χ3v) is 14.1. The highest BCUT2D eigenvalue weighted by atomic mass is 31.3. The van der Waals surface area contributed by atoms with Crippen molar-refractivity contribution in [2.45, 2.75) is 86.0 Å². The Bertz CT molecular complexity index is 2100. The Morgan fingerprint density at radius 1 is 1.08 bits per heavy atom. The Morgan fingerprint density at radius 3 is 2.37 bits per heavy atom. The SMILES string of the molecule is C=CC(=C)PC(c1ccc(C(=O)OCCC(O)C(C)(O)C2NCC3OC(OP(=O)(O)OP(=O)(O)OCC4OC(n5ccc(=O)[nH]c5=O)C(O)C4O)C(O)C32)cc1)C(F)(F)F. The zero-order chi connectivity index (χ0) is 44.5. The minimum atomic E-state index is -5.64. The molecule has 21 nitrogen and oxygen atoms in total. The summed E-state index contributed by atoms with van der Waals surface area (Å²) < 4.78 is 96.9. The predicted octanol–water partition coefficient (Wildman–Crippen LogP) is 0.421. The second-order valence-electron chi connectivity index (χ2n) is 14.1. The minimum Gasteiger partial charge on any atom is -0.462 e. The largest absolute Gasteiger partial charge is 0.483 e. The molecule has 0 radical (unpaired) electrons. The molecule has 60 heavy (non-hydrogen) atoms. The van der Waals surface area contributed by atoms with Crippen LogP contribution < -0.4 is 16.6 Å². The number of carbonyl (C=O) groups is 1. The summed E-state index contributed by atoms with van der Waals surface area (Å²) in [5.74, 6) is -2.07. The molecule has 0 aliphatic carbocycles. The number of nitrogens with one attached hydrogen (secondary N) is 2. The molecule has 3 aliphatic rings. The van der Waals surface area contributed by atoms with Crippen LogP contribution in [0.1, 0.15) is 41.2 Å². The van der Waals surface area contributed by atoms with Crippen molar-refractivity contribution in [3.05, 3.63) is 93.0 Å². The maximum atomic E-state index is 13.7. The summed E-state index contributed by atoms with van der Waals surface area (Å²) in [4.78, 5) is 58.4. The highest BCUT2D eigenvalue weighted by Crippen LogP contribution is 2.62. The number of hydrogen-bond donors (Lipinski definition) is 9. The molecule has 3 fully saturated rings. The standard InChI is InChI=1S/C33H43F3N3O18P3/c1-4-15(2)58-27(33(34,35)36)16-5-7-17(8-6-16)29(45)52-12-10-20(40)32(3,47)26-22-18(13-37-26)55-30(24(22)43)56-60(50,51)57-59(48,49)53-14-19-23(42)25(44)28(54-19)39-11-9-21(41)38-31(39)46/h4-9,11,18-20,22-28,30,37,40,42-44,47,58H,1-2,10,12-14H2,3H3,(H,48,49)(H,50,51)(H,38,41,46). The van der Waals surface area contributed by atoms with Crippen LogP contribution in [0, 0.1) is 5.92 Å². The smallest absolute Gasteiger partial charge is 0.462 e. The first kappa shape index (κ1) is 48.0. The van der Waals surface area contributed by atoms with Gasteiger partial charge < -0.3 is 54.8 Å². The van der Waals surface area contributed by atoms with Crippen LogP contribution in [0.2, 0.25) is 0 Å². The fraction of sp³-hybridized carbons (Fsp3) is 0.545. The summed E-state index contributed by atoms with van der Waals surface area (Å²) in [6.07, 6.45) is -16.1. The number of benzene rings is 1. The third-order valence-electron chi connectivity index (χ3n) is 9.96. The number of fused-ring (bicyclic) bond motifs is 1. The van der Waals surface area contributed by atoms with E-state index < -0.39 is 133 Å². The van der Waals surface area contributed by atoms with Crippen molar-refractivity contribution in [3.8, 4) is 0 Å². The fourth-order valence-corrected chi connectivity index (χ4v) is 10.0. The maximum absolute atomic E-state index is 13.7. The fourth-order valence-electron chi connectivity index (χ4n) is 6.86. The van der Waals surface area contributed by atoms with Crippen LogP contribution >= 0.6 is 24.2 Å². The molecule has 2 aromatic rings. The first-order chi connectivity index (χ1) is 27.8. The van der Waals surface area contributed by atoms with Crippen molar-refractivity contribution in [2.75, 3.05) is 19.8 Å². The Kier molecular flexibility index (Phi) is 15.0. The molecule has 3 aliphatic heterocycles. The van der Waals surface area contributed by atoms with Crippen LogP contribution in [0.3, 0.4) is 0 Å². The van der Waals surface area contributed by atoms with E-state index in [4.69, 9.17) is 18.7 Å². The summed E-state index contributed by atoms with van der Waals surface area (Å²) in [5, 5.41) is 57.1. The van der Waals surface area contributed by atoms with Gasteiger partial charge in [-0.25, -0.2) is 18.7 Å². The lowest BCUT2D eigenvalue weighted by molar-refractivity contribution is -0.130. The van der Waals surface area contributed by atoms with E-state index in [1.807, 2.05) is 4.98 Å². The van der Waals surface area contributed by atoms with Gasteiger partial charge >= 0.3 is 33.5 Å². The lowest BCUT2D eigenvalue weighted by Gasteiger charge is -2.38. The van der Waals surface area contributed by atoms with Gasteiger partial charge in [0.05, 0.1) is 31.0 Å². The zero-order valence-corrected chi connectivity index (χ0v) is 34.0. The van der Waals surface area contributed by atoms with E-state index in [1.165, 1.54) is 13.0 Å². The van der Waals surface area contributed by atoms with Gasteiger partial charge in [0.2, 0.25) is 0 Å². The first-order valence-corrected chi connectivity index (χ1v) is 21.8. The molecule has 4 heterocycles. The molecule has 3 saturated heterocycles. The van der Waals surface area contributed by atoms with Gasteiger partial charge in [0, 0.05) is 37.2 Å². The molecular formula is C33H43F3N3O18P3. The molecule has 1 aromatic heterocycles. The Balaban J connectivity index is 1.11. The van der Waals surface area contributed by atoms with Crippen LogP contribution in [-0.4, -0.2) is 131 Å². The monoisotopic (exact) mass is 919 g/mol. The van der Waals surface area contributed by atoms with Gasteiger partial charge in [0.25, 0.3) is 5.56 Å². The molecule has 0 spiro atoms. The van der Waals surface area contributed by atoms with Crippen molar-refractivity contribution in [1.82, 2.24) is 14.9 Å². The quantitative estimate of drug-likeness (QED) is 0.0556. The van der Waals surface area contributed by atoms with Crippen molar-refractivity contribution in [2.24, 2.45) is 5.92 Å². The predicted molar refractivity (Wildman–Crippen MR) is 199 cm³/mol. The van der Waals surface area contributed by atoms with Crippen LogP contribution in [0.5, 0.6) is 0 Å². The van der Waals surface area contributed by atoms with E-state index >= 15 is 0 Å². The number of nitrogens with zero attached hydrogens (tertiary/aromatic N) is 1. The van der Waals surface area contributed by atoms with Crippen molar-refractivity contribution >= 4 is 30.2 Å². The van der Waals surface area contributed by atoms with Gasteiger partial charge in [0.1, 0.15) is 35.7 Å². The number of carbonyl (C=O) groups excluding carboxylic acids is 1. The number of ether oxygens (including phenoxy) is 3. The van der Waals surface area contributed by atoms with Gasteiger partial charge in [-0.15, -0.1) is 0 Å². The van der Waals surface area contributed by atoms with Crippen molar-refractivity contribution in [1.29, 1.82) is 0 Å². The molecule has 334 valence electrons. The van der Waals surface area contributed by atoms with Gasteiger partial charge in [-0.05, 0) is 29.9 Å². The highest BCUT2D eigenvalue weighted by molar-refractivity contribution is 7.61. The third kappa shape index (κ3) is 11.1. The lowest BCUT2D eigenvalue weighted by Crippen LogP contribution is -2.58. The Hall–Kier alpha value is -2.99. The number of rotatable bonds is 18. The Labute approximate surface area is 339 Å².